The van der Waals surface area contributed by atoms with Crippen LogP contribution in [0.4, 0.5) is 5.13 Å². The molecule has 0 unspecified atom stereocenters. The van der Waals surface area contributed by atoms with Crippen LogP contribution in [-0.4, -0.2) is 37.1 Å². The molecule has 4 aromatic rings. The highest BCUT2D eigenvalue weighted by molar-refractivity contribution is 7.22. The van der Waals surface area contributed by atoms with Crippen molar-refractivity contribution < 1.29 is 14.1 Å². The van der Waals surface area contributed by atoms with Gasteiger partial charge in [-0.15, -0.1) is 0 Å². The molecule has 150 valence electrons. The first kappa shape index (κ1) is 19.6. The molecule has 2 aromatic heterocycles. The summed E-state index contributed by atoms with van der Waals surface area (Å²) >= 11 is 1.56. The quantitative estimate of drug-likeness (QED) is 0.504. The van der Waals surface area contributed by atoms with Crippen LogP contribution < -0.4 is 9.80 Å². The fraction of sp³-hybridized carbons (Fsp3) is 0.304. The fourth-order valence-corrected chi connectivity index (χ4v) is 4.60. The van der Waals surface area contributed by atoms with Crippen molar-refractivity contribution in [2.45, 2.75) is 20.8 Å². The second-order valence-corrected chi connectivity index (χ2v) is 8.29. The lowest BCUT2D eigenvalue weighted by atomic mass is 10.2. The van der Waals surface area contributed by atoms with Gasteiger partial charge in [0.15, 0.2) is 10.9 Å². The summed E-state index contributed by atoms with van der Waals surface area (Å²) in [7, 11) is 0. The molecule has 0 aliphatic rings. The molecule has 0 fully saturated rings. The van der Waals surface area contributed by atoms with E-state index >= 15 is 0 Å². The molecule has 1 amide bonds. The number of carbonyl (C=O) groups excluding carboxylic acids is 1. The zero-order valence-electron chi connectivity index (χ0n) is 17.1. The van der Waals surface area contributed by atoms with Crippen molar-refractivity contribution in [2.24, 2.45) is 0 Å². The third kappa shape index (κ3) is 4.04. The zero-order chi connectivity index (χ0) is 20.4. The van der Waals surface area contributed by atoms with Gasteiger partial charge in [-0.25, -0.2) is 4.98 Å². The molecule has 0 atom stereocenters. The number of likely N-dealkylation sites (N-methyl/N-ethyl adjacent to an activating group) is 1. The Morgan fingerprint density at radius 3 is 2.69 bits per heavy atom. The number of amides is 1. The van der Waals surface area contributed by atoms with Gasteiger partial charge >= 0.3 is 0 Å². The van der Waals surface area contributed by atoms with Gasteiger partial charge in [0.1, 0.15) is 5.58 Å². The van der Waals surface area contributed by atoms with Crippen molar-refractivity contribution in [3.05, 3.63) is 59.9 Å². The van der Waals surface area contributed by atoms with Gasteiger partial charge < -0.3 is 9.32 Å². The third-order valence-electron chi connectivity index (χ3n) is 5.33. The molecule has 6 heteroatoms. The van der Waals surface area contributed by atoms with Crippen LogP contribution in [-0.2, 0) is 0 Å². The number of anilines is 1. The van der Waals surface area contributed by atoms with E-state index in [1.165, 1.54) is 10.5 Å². The molecule has 2 aromatic carbocycles. The first-order valence-corrected chi connectivity index (χ1v) is 10.9. The largest absolute Gasteiger partial charge is 0.451 e. The number of thiazole rings is 1. The minimum Gasteiger partial charge on any atom is -0.451 e. The molecule has 0 aliphatic heterocycles. The molecule has 4 rings (SSSR count). The van der Waals surface area contributed by atoms with Crippen LogP contribution in [0.25, 0.3) is 21.2 Å². The highest BCUT2D eigenvalue weighted by Crippen LogP contribution is 2.31. The summed E-state index contributed by atoms with van der Waals surface area (Å²) in [6.07, 6.45) is 0. The first-order chi connectivity index (χ1) is 14.1. The molecule has 0 saturated carbocycles. The second kappa shape index (κ2) is 8.35. The van der Waals surface area contributed by atoms with Crippen molar-refractivity contribution in [3.8, 4) is 0 Å². The maximum atomic E-state index is 13.4. The molecule has 0 radical (unpaired) electrons. The van der Waals surface area contributed by atoms with E-state index in [0.717, 1.165) is 46.0 Å². The van der Waals surface area contributed by atoms with Crippen LogP contribution in [0.3, 0.4) is 0 Å². The summed E-state index contributed by atoms with van der Waals surface area (Å²) in [5.41, 5.74) is 2.84. The Balaban J connectivity index is 1.70. The van der Waals surface area contributed by atoms with E-state index in [1.807, 2.05) is 36.4 Å². The van der Waals surface area contributed by atoms with Crippen molar-refractivity contribution in [1.29, 1.82) is 0 Å². The lowest BCUT2D eigenvalue weighted by molar-refractivity contribution is -0.894. The van der Waals surface area contributed by atoms with Crippen molar-refractivity contribution in [1.82, 2.24) is 4.98 Å². The van der Waals surface area contributed by atoms with Crippen molar-refractivity contribution >= 4 is 43.6 Å². The predicted octanol–water partition coefficient (Wildman–Crippen LogP) is 3.92. The van der Waals surface area contributed by atoms with E-state index in [1.54, 1.807) is 16.2 Å². The smallest absolute Gasteiger partial charge is 0.296 e. The number of para-hydroxylation sites is 1. The monoisotopic (exact) mass is 408 g/mol. The molecule has 0 spiro atoms. The standard InChI is InChI=1S/C23H25N3O2S/c1-4-25(5-2)12-13-26(23-24-18-11-10-16(3)14-21(18)29-23)22(27)20-15-17-8-6-7-9-19(17)28-20/h6-11,14-15H,4-5,12-13H2,1-3H3/p+1. The van der Waals surface area contributed by atoms with E-state index in [9.17, 15) is 4.79 Å². The number of hydrogen-bond acceptors (Lipinski definition) is 4. The molecule has 5 nitrogen and oxygen atoms in total. The molecular formula is C23H26N3O2S+. The van der Waals surface area contributed by atoms with Gasteiger partial charge in [0.25, 0.3) is 5.91 Å². The maximum Gasteiger partial charge on any atom is 0.296 e. The van der Waals surface area contributed by atoms with Gasteiger partial charge in [-0.1, -0.05) is 35.6 Å². The minimum atomic E-state index is -0.136. The highest BCUT2D eigenvalue weighted by Gasteiger charge is 2.25. The van der Waals surface area contributed by atoms with E-state index in [4.69, 9.17) is 9.40 Å². The number of fused-ring (bicyclic) bond motifs is 2. The van der Waals surface area contributed by atoms with Crippen molar-refractivity contribution in [2.75, 3.05) is 31.1 Å². The zero-order valence-corrected chi connectivity index (χ0v) is 17.9. The van der Waals surface area contributed by atoms with Crippen LogP contribution in [0, 0.1) is 6.92 Å². The van der Waals surface area contributed by atoms with Gasteiger partial charge in [-0.05, 0) is 50.6 Å². The van der Waals surface area contributed by atoms with Gasteiger partial charge in [0.2, 0.25) is 0 Å². The number of aryl methyl sites for hydroxylation is 1. The number of quaternary nitrogens is 1. The van der Waals surface area contributed by atoms with Crippen molar-refractivity contribution in [3.63, 3.8) is 0 Å². The summed E-state index contributed by atoms with van der Waals surface area (Å²) in [5, 5.41) is 1.66. The molecule has 2 heterocycles. The average molecular weight is 409 g/mol. The number of carbonyl (C=O) groups is 1. The van der Waals surface area contributed by atoms with E-state index in [0.29, 0.717) is 12.3 Å². The SMILES string of the molecule is CC[NH+](CC)CCN(C(=O)c1cc2ccccc2o1)c1nc2ccc(C)cc2s1. The summed E-state index contributed by atoms with van der Waals surface area (Å²) in [4.78, 5) is 21.4. The predicted molar refractivity (Wildman–Crippen MR) is 119 cm³/mol. The Hall–Kier alpha value is -2.70. The van der Waals surface area contributed by atoms with Crippen LogP contribution >= 0.6 is 11.3 Å². The molecule has 1 N–H and O–H groups in total. The molecular weight excluding hydrogens is 382 g/mol. The summed E-state index contributed by atoms with van der Waals surface area (Å²) in [6.45, 7) is 9.94. The Labute approximate surface area is 174 Å². The van der Waals surface area contributed by atoms with E-state index < -0.39 is 0 Å². The van der Waals surface area contributed by atoms with Gasteiger partial charge in [0, 0.05) is 5.39 Å². The molecule has 29 heavy (non-hydrogen) atoms. The number of aromatic nitrogens is 1. The highest BCUT2D eigenvalue weighted by atomic mass is 32.1. The van der Waals surface area contributed by atoms with E-state index in [-0.39, 0.29) is 5.91 Å². The average Bonchev–Trinajstić information content (AvgIpc) is 3.34. The van der Waals surface area contributed by atoms with Crippen LogP contribution in [0.2, 0.25) is 0 Å². The van der Waals surface area contributed by atoms with Crippen LogP contribution in [0.5, 0.6) is 0 Å². The number of nitrogens with zero attached hydrogens (tertiary/aromatic N) is 2. The number of furan rings is 1. The molecule has 0 aliphatic carbocycles. The third-order valence-corrected chi connectivity index (χ3v) is 6.38. The molecule has 0 bridgehead atoms. The Morgan fingerprint density at radius 1 is 1.14 bits per heavy atom. The topological polar surface area (TPSA) is 50.8 Å². The number of rotatable bonds is 7. The van der Waals surface area contributed by atoms with Gasteiger partial charge in [0.05, 0.1) is 36.4 Å². The lowest BCUT2D eigenvalue weighted by Gasteiger charge is -2.22. The number of nitrogens with one attached hydrogen (secondary N) is 1. The fourth-order valence-electron chi connectivity index (χ4n) is 3.51. The van der Waals surface area contributed by atoms with Gasteiger partial charge in [-0.2, -0.15) is 0 Å². The Bertz CT molecular complexity index is 1110. The Morgan fingerprint density at radius 2 is 1.93 bits per heavy atom. The summed E-state index contributed by atoms with van der Waals surface area (Å²) < 4.78 is 6.96. The summed E-state index contributed by atoms with van der Waals surface area (Å²) in [5.74, 6) is 0.222. The lowest BCUT2D eigenvalue weighted by Crippen LogP contribution is -3.12. The Kier molecular flexibility index (Phi) is 5.65. The van der Waals surface area contributed by atoms with Crippen LogP contribution in [0.1, 0.15) is 30.0 Å². The summed E-state index contributed by atoms with van der Waals surface area (Å²) in [6, 6.07) is 15.7. The number of benzene rings is 2. The molecule has 0 saturated heterocycles. The number of hydrogen-bond donors (Lipinski definition) is 1. The minimum absolute atomic E-state index is 0.136. The van der Waals surface area contributed by atoms with E-state index in [2.05, 4.69) is 32.9 Å². The maximum absolute atomic E-state index is 13.4. The normalized spacial score (nSPS) is 11.6. The van der Waals surface area contributed by atoms with Gasteiger partial charge in [-0.3, -0.25) is 9.69 Å². The first-order valence-electron chi connectivity index (χ1n) is 10.1. The second-order valence-electron chi connectivity index (χ2n) is 7.28. The van der Waals surface area contributed by atoms with Crippen LogP contribution in [0.15, 0.2) is 52.9 Å².